The summed E-state index contributed by atoms with van der Waals surface area (Å²) in [5, 5.41) is 0.666. The van der Waals surface area contributed by atoms with E-state index in [4.69, 9.17) is 23.8 Å². The molecule has 0 aliphatic rings. The first-order valence-corrected chi connectivity index (χ1v) is 6.90. The van der Waals surface area contributed by atoms with Crippen LogP contribution in [0.2, 0.25) is 5.02 Å². The lowest BCUT2D eigenvalue weighted by atomic mass is 10.3. The number of benzene rings is 2. The second-order valence-corrected chi connectivity index (χ2v) is 5.59. The maximum Gasteiger partial charge on any atom is 0.182 e. The summed E-state index contributed by atoms with van der Waals surface area (Å²) < 4.78 is 3.54. The molecular weight excluding hydrogens is 332 g/mol. The third kappa shape index (κ3) is 1.90. The first-order chi connectivity index (χ1) is 8.66. The SMILES string of the molecule is S=c1[nH]c2ccccc2n1-c1cc(Br)ccc1Cl. The Labute approximate surface area is 122 Å². The number of hydrogen-bond acceptors (Lipinski definition) is 1. The number of nitrogens with one attached hydrogen (secondary N) is 1. The lowest BCUT2D eigenvalue weighted by molar-refractivity contribution is 1.06. The number of hydrogen-bond donors (Lipinski definition) is 1. The summed E-state index contributed by atoms with van der Waals surface area (Å²) in [6.07, 6.45) is 0. The van der Waals surface area contributed by atoms with Gasteiger partial charge in [0.15, 0.2) is 4.77 Å². The highest BCUT2D eigenvalue weighted by atomic mass is 79.9. The van der Waals surface area contributed by atoms with Crippen molar-refractivity contribution in [3.63, 3.8) is 0 Å². The molecule has 5 heteroatoms. The summed E-state index contributed by atoms with van der Waals surface area (Å²) in [4.78, 5) is 3.18. The molecule has 1 aromatic heterocycles. The van der Waals surface area contributed by atoms with Crippen LogP contribution >= 0.6 is 39.7 Å². The monoisotopic (exact) mass is 338 g/mol. The lowest BCUT2D eigenvalue weighted by Gasteiger charge is -2.07. The third-order valence-corrected chi connectivity index (χ3v) is 3.84. The summed E-state index contributed by atoms with van der Waals surface area (Å²) in [5.74, 6) is 0. The Hall–Kier alpha value is -1.10. The molecule has 0 unspecified atom stereocenters. The Morgan fingerprint density at radius 2 is 1.94 bits per heavy atom. The van der Waals surface area contributed by atoms with Gasteiger partial charge in [-0.3, -0.25) is 4.57 Å². The average Bonchev–Trinajstić information content (AvgIpc) is 2.68. The summed E-state index contributed by atoms with van der Waals surface area (Å²) in [6, 6.07) is 13.7. The normalized spacial score (nSPS) is 11.0. The molecule has 3 rings (SSSR count). The minimum absolute atomic E-state index is 0.635. The van der Waals surface area contributed by atoms with Gasteiger partial charge >= 0.3 is 0 Å². The minimum atomic E-state index is 0.635. The van der Waals surface area contributed by atoms with Crippen molar-refractivity contribution in [2.75, 3.05) is 0 Å². The van der Waals surface area contributed by atoms with Crippen molar-refractivity contribution in [3.05, 3.63) is 56.7 Å². The van der Waals surface area contributed by atoms with Crippen LogP contribution in [0.4, 0.5) is 0 Å². The lowest BCUT2D eigenvalue weighted by Crippen LogP contribution is -1.95. The highest BCUT2D eigenvalue weighted by Crippen LogP contribution is 2.28. The molecule has 1 heterocycles. The van der Waals surface area contributed by atoms with Crippen molar-refractivity contribution in [3.8, 4) is 5.69 Å². The van der Waals surface area contributed by atoms with Crippen LogP contribution in [0.1, 0.15) is 0 Å². The van der Waals surface area contributed by atoms with Crippen molar-refractivity contribution in [2.24, 2.45) is 0 Å². The van der Waals surface area contributed by atoms with Crippen molar-refractivity contribution in [2.45, 2.75) is 0 Å². The Balaban J connectivity index is 2.41. The quantitative estimate of drug-likeness (QED) is 0.611. The topological polar surface area (TPSA) is 20.7 Å². The molecule has 0 spiro atoms. The van der Waals surface area contributed by atoms with E-state index in [1.807, 2.05) is 47.0 Å². The Bertz CT molecular complexity index is 791. The van der Waals surface area contributed by atoms with E-state index < -0.39 is 0 Å². The van der Waals surface area contributed by atoms with E-state index in [-0.39, 0.29) is 0 Å². The number of halogens is 2. The van der Waals surface area contributed by atoms with Crippen LogP contribution in [-0.4, -0.2) is 9.55 Å². The highest BCUT2D eigenvalue weighted by molar-refractivity contribution is 9.10. The molecular formula is C13H8BrClN2S. The highest BCUT2D eigenvalue weighted by Gasteiger charge is 2.09. The number of aromatic nitrogens is 2. The van der Waals surface area contributed by atoms with Gasteiger partial charge in [0, 0.05) is 4.47 Å². The molecule has 0 saturated carbocycles. The van der Waals surface area contributed by atoms with Crippen LogP contribution in [0.15, 0.2) is 46.9 Å². The summed E-state index contributed by atoms with van der Waals surface area (Å²) in [5.41, 5.74) is 2.88. The predicted molar refractivity (Wildman–Crippen MR) is 81.2 cm³/mol. The standard InChI is InChI=1S/C13H8BrClN2S/c14-8-5-6-9(15)12(7-8)17-11-4-2-1-3-10(11)16-13(17)18/h1-7H,(H,16,18). The van der Waals surface area contributed by atoms with Crippen LogP contribution < -0.4 is 0 Å². The van der Waals surface area contributed by atoms with Crippen molar-refractivity contribution < 1.29 is 0 Å². The molecule has 2 aromatic carbocycles. The van der Waals surface area contributed by atoms with E-state index >= 15 is 0 Å². The number of para-hydroxylation sites is 2. The average molecular weight is 340 g/mol. The minimum Gasteiger partial charge on any atom is -0.330 e. The van der Waals surface area contributed by atoms with Gasteiger partial charge in [-0.15, -0.1) is 0 Å². The van der Waals surface area contributed by atoms with E-state index in [0.717, 1.165) is 21.2 Å². The van der Waals surface area contributed by atoms with E-state index in [1.54, 1.807) is 0 Å². The molecule has 0 saturated heterocycles. The van der Waals surface area contributed by atoms with Gasteiger partial charge in [0.05, 0.1) is 21.7 Å². The maximum absolute atomic E-state index is 6.26. The molecule has 0 fully saturated rings. The van der Waals surface area contributed by atoms with Gasteiger partial charge in [-0.05, 0) is 42.5 Å². The van der Waals surface area contributed by atoms with Gasteiger partial charge in [0.2, 0.25) is 0 Å². The van der Waals surface area contributed by atoms with E-state index in [9.17, 15) is 0 Å². The molecule has 90 valence electrons. The summed E-state index contributed by atoms with van der Waals surface area (Å²) in [7, 11) is 0. The van der Waals surface area contributed by atoms with Gasteiger partial charge in [-0.25, -0.2) is 0 Å². The van der Waals surface area contributed by atoms with Crippen molar-refractivity contribution >= 4 is 50.8 Å². The van der Waals surface area contributed by atoms with Crippen LogP contribution in [0.3, 0.4) is 0 Å². The largest absolute Gasteiger partial charge is 0.330 e. The maximum atomic E-state index is 6.26. The molecule has 0 amide bonds. The van der Waals surface area contributed by atoms with Gasteiger partial charge in [0.25, 0.3) is 0 Å². The first kappa shape index (κ1) is 12.0. The number of aromatic amines is 1. The zero-order valence-corrected chi connectivity index (χ0v) is 12.3. The molecule has 3 aromatic rings. The van der Waals surface area contributed by atoms with E-state index in [2.05, 4.69) is 20.9 Å². The van der Waals surface area contributed by atoms with Crippen LogP contribution in [0.25, 0.3) is 16.7 Å². The van der Waals surface area contributed by atoms with Gasteiger partial charge < -0.3 is 4.98 Å². The van der Waals surface area contributed by atoms with Gasteiger partial charge in [-0.2, -0.15) is 0 Å². The number of H-pyrrole nitrogens is 1. The zero-order chi connectivity index (χ0) is 12.7. The second-order valence-electron chi connectivity index (χ2n) is 3.88. The number of nitrogens with zero attached hydrogens (tertiary/aromatic N) is 1. The molecule has 0 radical (unpaired) electrons. The Kier molecular flexibility index (Phi) is 3.01. The number of rotatable bonds is 1. The number of imidazole rings is 1. The van der Waals surface area contributed by atoms with Crippen molar-refractivity contribution in [1.29, 1.82) is 0 Å². The summed E-state index contributed by atoms with van der Waals surface area (Å²) >= 11 is 15.1. The fourth-order valence-corrected chi connectivity index (χ4v) is 2.81. The smallest absolute Gasteiger partial charge is 0.182 e. The van der Waals surface area contributed by atoms with Gasteiger partial charge in [0.1, 0.15) is 0 Å². The Morgan fingerprint density at radius 3 is 2.78 bits per heavy atom. The van der Waals surface area contributed by atoms with Crippen LogP contribution in [0.5, 0.6) is 0 Å². The molecule has 18 heavy (non-hydrogen) atoms. The van der Waals surface area contributed by atoms with E-state index in [0.29, 0.717) is 9.79 Å². The zero-order valence-electron chi connectivity index (χ0n) is 9.15. The third-order valence-electron chi connectivity index (χ3n) is 2.74. The van der Waals surface area contributed by atoms with Crippen LogP contribution in [0, 0.1) is 4.77 Å². The van der Waals surface area contributed by atoms with Gasteiger partial charge in [-0.1, -0.05) is 39.7 Å². The molecule has 2 nitrogen and oxygen atoms in total. The predicted octanol–water partition coefficient (Wildman–Crippen LogP) is 5.10. The molecule has 0 aliphatic heterocycles. The fraction of sp³-hybridized carbons (Fsp3) is 0. The summed E-state index contributed by atoms with van der Waals surface area (Å²) in [6.45, 7) is 0. The second kappa shape index (κ2) is 4.53. The number of fused-ring (bicyclic) bond motifs is 1. The molecule has 0 aliphatic carbocycles. The molecule has 0 atom stereocenters. The molecule has 0 bridgehead atoms. The van der Waals surface area contributed by atoms with Crippen molar-refractivity contribution in [1.82, 2.24) is 9.55 Å². The van der Waals surface area contributed by atoms with E-state index in [1.165, 1.54) is 0 Å². The Morgan fingerprint density at radius 1 is 1.17 bits per heavy atom. The fourth-order valence-electron chi connectivity index (χ4n) is 1.95. The first-order valence-electron chi connectivity index (χ1n) is 5.32. The molecule has 1 N–H and O–H groups in total. The van der Waals surface area contributed by atoms with Crippen LogP contribution in [-0.2, 0) is 0 Å².